The Hall–Kier alpha value is -2.87. The monoisotopic (exact) mass is 423 g/mol. The van der Waals surface area contributed by atoms with Gasteiger partial charge in [0, 0.05) is 38.4 Å². The normalized spacial score (nSPS) is 14.0. The van der Waals surface area contributed by atoms with Crippen molar-refractivity contribution < 1.29 is 9.32 Å². The van der Waals surface area contributed by atoms with Gasteiger partial charge in [-0.3, -0.25) is 4.79 Å². The first kappa shape index (κ1) is 20.4. The largest absolute Gasteiger partial charge is 0.372 e. The van der Waals surface area contributed by atoms with Crippen LogP contribution in [0.25, 0.3) is 11.4 Å². The Morgan fingerprint density at radius 1 is 1.17 bits per heavy atom. The second-order valence-electron chi connectivity index (χ2n) is 7.27. The van der Waals surface area contributed by atoms with Gasteiger partial charge in [-0.1, -0.05) is 29.1 Å². The predicted octanol–water partition coefficient (Wildman–Crippen LogP) is 3.84. The maximum atomic E-state index is 12.3. The number of rotatable bonds is 7. The van der Waals surface area contributed by atoms with Crippen LogP contribution in [0.15, 0.2) is 52.1 Å². The average molecular weight is 424 g/mol. The number of piperidine rings is 1. The number of hydrogen-bond acceptors (Lipinski definition) is 7. The van der Waals surface area contributed by atoms with Gasteiger partial charge in [0.1, 0.15) is 5.03 Å². The first-order chi connectivity index (χ1) is 14.7. The number of nitrogens with one attached hydrogen (secondary N) is 1. The molecule has 0 aliphatic carbocycles. The zero-order valence-electron chi connectivity index (χ0n) is 17.0. The number of nitrogens with zero attached hydrogens (tertiary/aromatic N) is 4. The molecule has 8 heteroatoms. The highest BCUT2D eigenvalue weighted by Gasteiger charge is 2.14. The van der Waals surface area contributed by atoms with Crippen molar-refractivity contribution in [3.63, 3.8) is 0 Å². The Morgan fingerprint density at radius 2 is 1.97 bits per heavy atom. The van der Waals surface area contributed by atoms with E-state index in [9.17, 15) is 4.79 Å². The summed E-state index contributed by atoms with van der Waals surface area (Å²) in [4.78, 5) is 23.4. The molecule has 1 aliphatic rings. The molecule has 1 aliphatic heterocycles. The number of amides is 1. The van der Waals surface area contributed by atoms with Gasteiger partial charge in [0.25, 0.3) is 0 Å². The molecule has 1 amide bonds. The van der Waals surface area contributed by atoms with Gasteiger partial charge >= 0.3 is 0 Å². The topological polar surface area (TPSA) is 84.2 Å². The van der Waals surface area contributed by atoms with Crippen LogP contribution in [-0.4, -0.2) is 39.9 Å². The smallest absolute Gasteiger partial charge is 0.230 e. The lowest BCUT2D eigenvalue weighted by atomic mass is 10.1. The van der Waals surface area contributed by atoms with Crippen LogP contribution in [0.2, 0.25) is 0 Å². The number of anilines is 1. The van der Waals surface area contributed by atoms with Gasteiger partial charge in [-0.2, -0.15) is 4.98 Å². The van der Waals surface area contributed by atoms with Crippen LogP contribution in [-0.2, 0) is 11.3 Å². The summed E-state index contributed by atoms with van der Waals surface area (Å²) in [5.41, 5.74) is 3.12. The number of carbonyl (C=O) groups excluding carboxylic acids is 1. The van der Waals surface area contributed by atoms with Gasteiger partial charge in [0.15, 0.2) is 0 Å². The van der Waals surface area contributed by atoms with Crippen molar-refractivity contribution in [2.45, 2.75) is 37.8 Å². The van der Waals surface area contributed by atoms with Crippen LogP contribution in [0.3, 0.4) is 0 Å². The number of carbonyl (C=O) groups is 1. The molecular weight excluding hydrogens is 398 g/mol. The predicted molar refractivity (Wildman–Crippen MR) is 117 cm³/mol. The Morgan fingerprint density at radius 3 is 2.70 bits per heavy atom. The van der Waals surface area contributed by atoms with Crippen molar-refractivity contribution >= 4 is 23.4 Å². The number of thioether (sulfide) groups is 1. The van der Waals surface area contributed by atoms with Crippen LogP contribution in [0.5, 0.6) is 0 Å². The molecule has 1 aromatic carbocycles. The third-order valence-corrected chi connectivity index (χ3v) is 6.03. The summed E-state index contributed by atoms with van der Waals surface area (Å²) >= 11 is 1.36. The quantitative estimate of drug-likeness (QED) is 0.578. The van der Waals surface area contributed by atoms with Gasteiger partial charge in [-0.05, 0) is 49.1 Å². The first-order valence-electron chi connectivity index (χ1n) is 10.2. The van der Waals surface area contributed by atoms with Crippen LogP contribution < -0.4 is 10.2 Å². The minimum atomic E-state index is -0.0407. The lowest BCUT2D eigenvalue weighted by molar-refractivity contribution is -0.118. The van der Waals surface area contributed by atoms with Crippen LogP contribution in [0, 0.1) is 6.92 Å². The van der Waals surface area contributed by atoms with Crippen molar-refractivity contribution in [1.29, 1.82) is 0 Å². The van der Waals surface area contributed by atoms with E-state index in [4.69, 9.17) is 4.52 Å². The SMILES string of the molecule is Cc1nc(-c2cccnc2SCC(=O)NCc2ccc(N3CCCCC3)cc2)no1. The number of hydrogen-bond donors (Lipinski definition) is 1. The zero-order valence-corrected chi connectivity index (χ0v) is 17.8. The standard InChI is InChI=1S/C22H25N5O2S/c1-16-25-21(26-29-16)19-6-5-11-23-22(19)30-15-20(28)24-14-17-7-9-18(10-8-17)27-12-3-2-4-13-27/h5-11H,2-4,12-15H2,1H3,(H,24,28). The molecule has 0 bridgehead atoms. The van der Waals surface area contributed by atoms with E-state index in [-0.39, 0.29) is 11.7 Å². The van der Waals surface area contributed by atoms with E-state index in [1.54, 1.807) is 13.1 Å². The summed E-state index contributed by atoms with van der Waals surface area (Å²) in [5, 5.41) is 7.64. The van der Waals surface area contributed by atoms with Crippen LogP contribution >= 0.6 is 11.8 Å². The number of benzene rings is 1. The molecule has 1 N–H and O–H groups in total. The molecule has 0 spiro atoms. The van der Waals surface area contributed by atoms with E-state index in [2.05, 4.69) is 49.6 Å². The third-order valence-electron chi connectivity index (χ3n) is 5.03. The van der Waals surface area contributed by atoms with E-state index in [1.807, 2.05) is 12.1 Å². The summed E-state index contributed by atoms with van der Waals surface area (Å²) in [5.74, 6) is 1.21. The minimum absolute atomic E-state index is 0.0407. The second kappa shape index (κ2) is 9.75. The van der Waals surface area contributed by atoms with Crippen molar-refractivity contribution in [2.24, 2.45) is 0 Å². The van der Waals surface area contributed by atoms with E-state index < -0.39 is 0 Å². The second-order valence-corrected chi connectivity index (χ2v) is 8.24. The van der Waals surface area contributed by atoms with E-state index in [1.165, 1.54) is 36.7 Å². The average Bonchev–Trinajstić information content (AvgIpc) is 3.23. The van der Waals surface area contributed by atoms with E-state index >= 15 is 0 Å². The maximum Gasteiger partial charge on any atom is 0.230 e. The Kier molecular flexibility index (Phi) is 6.63. The van der Waals surface area contributed by atoms with Gasteiger partial charge in [0.05, 0.1) is 11.3 Å². The molecule has 0 unspecified atom stereocenters. The summed E-state index contributed by atoms with van der Waals surface area (Å²) in [6.07, 6.45) is 5.55. The first-order valence-corrected chi connectivity index (χ1v) is 11.2. The number of pyridine rings is 1. The van der Waals surface area contributed by atoms with Gasteiger partial charge in [-0.25, -0.2) is 4.98 Å². The summed E-state index contributed by atoms with van der Waals surface area (Å²) < 4.78 is 5.05. The molecular formula is C22H25N5O2S. The Labute approximate surface area is 180 Å². The van der Waals surface area contributed by atoms with Crippen molar-refractivity contribution in [2.75, 3.05) is 23.7 Å². The van der Waals surface area contributed by atoms with Crippen LogP contribution in [0.4, 0.5) is 5.69 Å². The summed E-state index contributed by atoms with van der Waals surface area (Å²) in [6.45, 7) is 4.52. The van der Waals surface area contributed by atoms with Gasteiger partial charge < -0.3 is 14.7 Å². The number of aryl methyl sites for hydroxylation is 1. The lowest BCUT2D eigenvalue weighted by Crippen LogP contribution is -2.29. The molecule has 4 rings (SSSR count). The number of aromatic nitrogens is 3. The fourth-order valence-corrected chi connectivity index (χ4v) is 4.27. The molecule has 7 nitrogen and oxygen atoms in total. The maximum absolute atomic E-state index is 12.3. The minimum Gasteiger partial charge on any atom is -0.372 e. The molecule has 3 heterocycles. The molecule has 1 fully saturated rings. The fourth-order valence-electron chi connectivity index (χ4n) is 3.45. The van der Waals surface area contributed by atoms with Crippen LogP contribution in [0.1, 0.15) is 30.7 Å². The molecule has 0 radical (unpaired) electrons. The fraction of sp³-hybridized carbons (Fsp3) is 0.364. The summed E-state index contributed by atoms with van der Waals surface area (Å²) in [7, 11) is 0. The lowest BCUT2D eigenvalue weighted by Gasteiger charge is -2.28. The van der Waals surface area contributed by atoms with E-state index in [0.717, 1.165) is 24.2 Å². The van der Waals surface area contributed by atoms with E-state index in [0.29, 0.717) is 23.3 Å². The highest BCUT2D eigenvalue weighted by Crippen LogP contribution is 2.27. The third kappa shape index (κ3) is 5.18. The Bertz CT molecular complexity index is 983. The highest BCUT2D eigenvalue weighted by atomic mass is 32.2. The summed E-state index contributed by atoms with van der Waals surface area (Å²) in [6, 6.07) is 12.2. The molecule has 2 aromatic heterocycles. The highest BCUT2D eigenvalue weighted by molar-refractivity contribution is 8.00. The van der Waals surface area contributed by atoms with Gasteiger partial charge in [0.2, 0.25) is 17.6 Å². The molecule has 3 aromatic rings. The zero-order chi connectivity index (χ0) is 20.8. The molecule has 0 saturated carbocycles. The van der Waals surface area contributed by atoms with Crippen molar-refractivity contribution in [3.05, 3.63) is 54.0 Å². The molecule has 30 heavy (non-hydrogen) atoms. The van der Waals surface area contributed by atoms with Gasteiger partial charge in [-0.15, -0.1) is 0 Å². The molecule has 0 atom stereocenters. The van der Waals surface area contributed by atoms with Crippen molar-refractivity contribution in [3.8, 4) is 11.4 Å². The Balaban J connectivity index is 1.29. The van der Waals surface area contributed by atoms with Crippen molar-refractivity contribution in [1.82, 2.24) is 20.4 Å². The molecule has 156 valence electrons. The molecule has 1 saturated heterocycles.